The highest BCUT2D eigenvalue weighted by atomic mass is 79.9. The standard InChI is InChI=1S/C16H25BrF2OSi/c1-11-8-13(17)9-12(2)14(11)16(18,19)10-20-21(6,7)15(3,4)5/h8-9H,10H2,1-7H3. The largest absolute Gasteiger partial charge is 0.410 e. The van der Waals surface area contributed by atoms with Gasteiger partial charge < -0.3 is 4.43 Å². The van der Waals surface area contributed by atoms with Gasteiger partial charge in [0.25, 0.3) is 5.92 Å². The number of hydrogen-bond acceptors (Lipinski definition) is 1. The van der Waals surface area contributed by atoms with Crippen molar-refractivity contribution in [3.05, 3.63) is 33.3 Å². The molecule has 0 amide bonds. The van der Waals surface area contributed by atoms with Crippen LogP contribution in [0.3, 0.4) is 0 Å². The van der Waals surface area contributed by atoms with Crippen molar-refractivity contribution in [2.24, 2.45) is 0 Å². The predicted octanol–water partition coefficient (Wildman–Crippen LogP) is 6.18. The first-order valence-electron chi connectivity index (χ1n) is 7.07. The molecule has 0 fully saturated rings. The monoisotopic (exact) mass is 378 g/mol. The Kier molecular flexibility index (Phi) is 5.45. The van der Waals surface area contributed by atoms with Gasteiger partial charge in [-0.3, -0.25) is 0 Å². The molecule has 0 atom stereocenters. The molecule has 1 aromatic rings. The Morgan fingerprint density at radius 2 is 1.52 bits per heavy atom. The third-order valence-corrected chi connectivity index (χ3v) is 9.22. The topological polar surface area (TPSA) is 9.23 Å². The summed E-state index contributed by atoms with van der Waals surface area (Å²) in [6, 6.07) is 3.45. The van der Waals surface area contributed by atoms with Crippen LogP contribution in [-0.2, 0) is 10.3 Å². The summed E-state index contributed by atoms with van der Waals surface area (Å²) < 4.78 is 35.8. The molecule has 0 aromatic heterocycles. The molecule has 120 valence electrons. The van der Waals surface area contributed by atoms with Crippen LogP contribution in [0.1, 0.15) is 37.5 Å². The Balaban J connectivity index is 3.03. The molecule has 0 heterocycles. The maximum Gasteiger partial charge on any atom is 0.295 e. The molecule has 1 rings (SSSR count). The van der Waals surface area contributed by atoms with Crippen LogP contribution in [0.4, 0.5) is 8.78 Å². The maximum absolute atomic E-state index is 14.6. The lowest BCUT2D eigenvalue weighted by Crippen LogP contribution is -2.43. The van der Waals surface area contributed by atoms with Gasteiger partial charge in [-0.15, -0.1) is 0 Å². The van der Waals surface area contributed by atoms with Crippen molar-refractivity contribution in [2.75, 3.05) is 6.61 Å². The Hall–Kier alpha value is -0.263. The van der Waals surface area contributed by atoms with Crippen LogP contribution in [0.5, 0.6) is 0 Å². The fourth-order valence-corrected chi connectivity index (χ4v) is 3.71. The fraction of sp³-hybridized carbons (Fsp3) is 0.625. The van der Waals surface area contributed by atoms with E-state index in [1.165, 1.54) is 0 Å². The minimum Gasteiger partial charge on any atom is -0.410 e. The van der Waals surface area contributed by atoms with Gasteiger partial charge >= 0.3 is 0 Å². The van der Waals surface area contributed by atoms with Crippen molar-refractivity contribution in [1.82, 2.24) is 0 Å². The summed E-state index contributed by atoms with van der Waals surface area (Å²) in [7, 11) is -2.18. The molecular weight excluding hydrogens is 354 g/mol. The summed E-state index contributed by atoms with van der Waals surface area (Å²) in [4.78, 5) is 0. The summed E-state index contributed by atoms with van der Waals surface area (Å²) in [5, 5.41) is -0.0765. The zero-order chi connectivity index (χ0) is 16.6. The van der Waals surface area contributed by atoms with E-state index >= 15 is 0 Å². The second kappa shape index (κ2) is 6.09. The van der Waals surface area contributed by atoms with E-state index in [9.17, 15) is 8.78 Å². The first-order chi connectivity index (χ1) is 9.28. The van der Waals surface area contributed by atoms with Gasteiger partial charge in [-0.1, -0.05) is 36.7 Å². The fourth-order valence-electron chi connectivity index (χ4n) is 2.05. The average molecular weight is 379 g/mol. The number of aryl methyl sites for hydroxylation is 2. The second-order valence-corrected chi connectivity index (χ2v) is 12.9. The molecule has 5 heteroatoms. The zero-order valence-electron chi connectivity index (χ0n) is 13.9. The Morgan fingerprint density at radius 3 is 1.90 bits per heavy atom. The van der Waals surface area contributed by atoms with Crippen molar-refractivity contribution in [3.63, 3.8) is 0 Å². The van der Waals surface area contributed by atoms with Gasteiger partial charge in [-0.05, 0) is 55.2 Å². The quantitative estimate of drug-likeness (QED) is 0.568. The Labute approximate surface area is 136 Å². The molecule has 0 unspecified atom stereocenters. The first-order valence-corrected chi connectivity index (χ1v) is 10.8. The molecule has 0 aliphatic carbocycles. The van der Waals surface area contributed by atoms with E-state index in [-0.39, 0.29) is 10.6 Å². The highest BCUT2D eigenvalue weighted by Crippen LogP contribution is 2.40. The minimum atomic E-state index is -2.97. The van der Waals surface area contributed by atoms with Gasteiger partial charge in [0.2, 0.25) is 0 Å². The Bertz CT molecular complexity index is 498. The predicted molar refractivity (Wildman–Crippen MR) is 90.7 cm³/mol. The summed E-state index contributed by atoms with van der Waals surface area (Å²) in [6.07, 6.45) is 0. The molecule has 0 saturated carbocycles. The Morgan fingerprint density at radius 1 is 1.10 bits per heavy atom. The van der Waals surface area contributed by atoms with Crippen molar-refractivity contribution < 1.29 is 13.2 Å². The molecule has 0 aliphatic heterocycles. The van der Waals surface area contributed by atoms with Crippen LogP contribution in [-0.4, -0.2) is 14.9 Å². The molecule has 0 N–H and O–H groups in total. The number of hydrogen-bond donors (Lipinski definition) is 0. The molecule has 1 nitrogen and oxygen atoms in total. The van der Waals surface area contributed by atoms with Crippen molar-refractivity contribution in [3.8, 4) is 0 Å². The van der Waals surface area contributed by atoms with Gasteiger partial charge in [0.1, 0.15) is 6.61 Å². The highest BCUT2D eigenvalue weighted by molar-refractivity contribution is 9.10. The smallest absolute Gasteiger partial charge is 0.295 e. The second-order valence-electron chi connectivity index (χ2n) is 7.17. The third kappa shape index (κ3) is 4.36. The van der Waals surface area contributed by atoms with Crippen LogP contribution in [0.15, 0.2) is 16.6 Å². The molecular formula is C16H25BrF2OSi. The van der Waals surface area contributed by atoms with Gasteiger partial charge in [0.05, 0.1) is 0 Å². The van der Waals surface area contributed by atoms with Crippen molar-refractivity contribution in [1.29, 1.82) is 0 Å². The van der Waals surface area contributed by atoms with Gasteiger partial charge in [0, 0.05) is 10.0 Å². The average Bonchev–Trinajstić information content (AvgIpc) is 2.23. The first kappa shape index (κ1) is 18.8. The van der Waals surface area contributed by atoms with E-state index in [1.54, 1.807) is 26.0 Å². The molecule has 0 radical (unpaired) electrons. The van der Waals surface area contributed by atoms with Crippen LogP contribution >= 0.6 is 15.9 Å². The lowest BCUT2D eigenvalue weighted by atomic mass is 9.98. The number of rotatable bonds is 4. The van der Waals surface area contributed by atoms with Gasteiger partial charge in [-0.2, -0.15) is 8.78 Å². The van der Waals surface area contributed by atoms with Crippen LogP contribution in [0.25, 0.3) is 0 Å². The van der Waals surface area contributed by atoms with E-state index in [0.717, 1.165) is 4.47 Å². The van der Waals surface area contributed by atoms with Crippen LogP contribution in [0.2, 0.25) is 18.1 Å². The van der Waals surface area contributed by atoms with Gasteiger partial charge in [-0.25, -0.2) is 0 Å². The van der Waals surface area contributed by atoms with E-state index < -0.39 is 20.8 Å². The van der Waals surface area contributed by atoms with Crippen LogP contribution in [0, 0.1) is 13.8 Å². The maximum atomic E-state index is 14.6. The molecule has 0 bridgehead atoms. The van der Waals surface area contributed by atoms with E-state index in [4.69, 9.17) is 4.43 Å². The molecule has 1 aromatic carbocycles. The van der Waals surface area contributed by atoms with Crippen molar-refractivity contribution >= 4 is 24.2 Å². The van der Waals surface area contributed by atoms with E-state index in [0.29, 0.717) is 11.1 Å². The number of halogens is 3. The van der Waals surface area contributed by atoms with E-state index in [2.05, 4.69) is 15.9 Å². The number of benzene rings is 1. The highest BCUT2D eigenvalue weighted by Gasteiger charge is 2.42. The van der Waals surface area contributed by atoms with Crippen LogP contribution < -0.4 is 0 Å². The summed E-state index contributed by atoms with van der Waals surface area (Å²) >= 11 is 3.34. The summed E-state index contributed by atoms with van der Waals surface area (Å²) in [5.41, 5.74) is 1.26. The molecule has 0 spiro atoms. The molecule has 0 aliphatic rings. The summed E-state index contributed by atoms with van der Waals surface area (Å²) in [5.74, 6) is -2.97. The minimum absolute atomic E-state index is 0.0765. The van der Waals surface area contributed by atoms with Crippen molar-refractivity contribution in [2.45, 2.75) is 58.7 Å². The summed E-state index contributed by atoms with van der Waals surface area (Å²) in [6.45, 7) is 13.0. The normalized spacial score (nSPS) is 13.6. The molecule has 0 saturated heterocycles. The lowest BCUT2D eigenvalue weighted by Gasteiger charge is -2.37. The zero-order valence-corrected chi connectivity index (χ0v) is 16.5. The van der Waals surface area contributed by atoms with E-state index in [1.807, 2.05) is 33.9 Å². The third-order valence-electron chi connectivity index (χ3n) is 4.28. The molecule has 21 heavy (non-hydrogen) atoms. The number of alkyl halides is 2. The van der Waals surface area contributed by atoms with Gasteiger partial charge in [0.15, 0.2) is 8.32 Å². The SMILES string of the molecule is Cc1cc(Br)cc(C)c1C(F)(F)CO[Si](C)(C)C(C)(C)C. The lowest BCUT2D eigenvalue weighted by molar-refractivity contribution is -0.0518.